The van der Waals surface area contributed by atoms with E-state index in [0.717, 1.165) is 24.1 Å². The maximum absolute atomic E-state index is 11.0. The minimum atomic E-state index is -0.851. The molecule has 2 aliphatic rings. The lowest BCUT2D eigenvalue weighted by Crippen LogP contribution is -2.30. The Morgan fingerprint density at radius 1 is 1.18 bits per heavy atom. The van der Waals surface area contributed by atoms with E-state index in [2.05, 4.69) is 23.2 Å². The number of hydrogen-bond acceptors (Lipinski definition) is 2. The summed E-state index contributed by atoms with van der Waals surface area (Å²) in [4.78, 5) is 4.42. The van der Waals surface area contributed by atoms with E-state index in [1.807, 2.05) is 18.2 Å². The number of nitrogens with zero attached hydrogens (tertiary/aromatic N) is 1. The highest BCUT2D eigenvalue weighted by atomic mass is 16.3. The van der Waals surface area contributed by atoms with Crippen LogP contribution in [0.5, 0.6) is 0 Å². The van der Waals surface area contributed by atoms with Crippen LogP contribution in [0.15, 0.2) is 42.6 Å². The van der Waals surface area contributed by atoms with Crippen molar-refractivity contribution >= 4 is 0 Å². The molecule has 2 aromatic rings. The highest BCUT2D eigenvalue weighted by Crippen LogP contribution is 2.53. The second-order valence-corrected chi connectivity index (χ2v) is 5.06. The van der Waals surface area contributed by atoms with Crippen LogP contribution in [0.1, 0.15) is 34.7 Å². The van der Waals surface area contributed by atoms with E-state index in [9.17, 15) is 5.11 Å². The first-order valence-electron chi connectivity index (χ1n) is 6.05. The van der Waals surface area contributed by atoms with Crippen LogP contribution in [0.3, 0.4) is 0 Å². The predicted octanol–water partition coefficient (Wildman–Crippen LogP) is 2.36. The number of aromatic nitrogens is 1. The Morgan fingerprint density at radius 3 is 3.00 bits per heavy atom. The number of benzene rings is 1. The van der Waals surface area contributed by atoms with Crippen LogP contribution in [-0.2, 0) is 12.0 Å². The monoisotopic (exact) mass is 223 g/mol. The van der Waals surface area contributed by atoms with Gasteiger partial charge in [0.15, 0.2) is 0 Å². The first kappa shape index (κ1) is 9.37. The second-order valence-electron chi connectivity index (χ2n) is 5.06. The highest BCUT2D eigenvalue weighted by molar-refractivity contribution is 5.51. The van der Waals surface area contributed by atoms with Crippen molar-refractivity contribution < 1.29 is 5.11 Å². The molecule has 0 amide bonds. The van der Waals surface area contributed by atoms with Gasteiger partial charge < -0.3 is 5.11 Å². The zero-order chi connectivity index (χ0) is 11.5. The smallest absolute Gasteiger partial charge is 0.133 e. The van der Waals surface area contributed by atoms with Crippen LogP contribution in [0.4, 0.5) is 0 Å². The fourth-order valence-corrected chi connectivity index (χ4v) is 3.45. The van der Waals surface area contributed by atoms with Crippen LogP contribution < -0.4 is 0 Å². The molecule has 0 spiro atoms. The van der Waals surface area contributed by atoms with Crippen LogP contribution in [-0.4, -0.2) is 10.1 Å². The average molecular weight is 223 g/mol. The summed E-state index contributed by atoms with van der Waals surface area (Å²) < 4.78 is 0. The van der Waals surface area contributed by atoms with Crippen molar-refractivity contribution in [2.75, 3.05) is 0 Å². The summed E-state index contributed by atoms with van der Waals surface area (Å²) in [5.41, 5.74) is 3.56. The number of aliphatic hydroxyl groups is 1. The fourth-order valence-electron chi connectivity index (χ4n) is 3.45. The van der Waals surface area contributed by atoms with E-state index in [1.165, 1.54) is 11.1 Å². The Morgan fingerprint density at radius 2 is 2.06 bits per heavy atom. The predicted molar refractivity (Wildman–Crippen MR) is 64.7 cm³/mol. The number of rotatable bonds is 0. The van der Waals surface area contributed by atoms with Crippen molar-refractivity contribution in [3.05, 3.63) is 65.0 Å². The molecule has 0 fully saturated rings. The lowest BCUT2D eigenvalue weighted by Gasteiger charge is -2.30. The van der Waals surface area contributed by atoms with Gasteiger partial charge in [-0.2, -0.15) is 0 Å². The molecular weight excluding hydrogens is 210 g/mol. The number of pyridine rings is 1. The molecule has 0 aliphatic heterocycles. The molecule has 1 heterocycles. The summed E-state index contributed by atoms with van der Waals surface area (Å²) in [7, 11) is 0. The molecule has 2 atom stereocenters. The quantitative estimate of drug-likeness (QED) is 0.743. The molecule has 0 unspecified atom stereocenters. The third-order valence-electron chi connectivity index (χ3n) is 4.14. The van der Waals surface area contributed by atoms with Gasteiger partial charge in [-0.3, -0.25) is 4.98 Å². The Bertz CT molecular complexity index is 594. The first-order chi connectivity index (χ1) is 8.29. The van der Waals surface area contributed by atoms with E-state index in [-0.39, 0.29) is 0 Å². The maximum Gasteiger partial charge on any atom is 0.133 e. The summed E-state index contributed by atoms with van der Waals surface area (Å²) in [6.07, 6.45) is 3.57. The molecule has 2 heteroatoms. The third kappa shape index (κ3) is 1.06. The van der Waals surface area contributed by atoms with E-state index >= 15 is 0 Å². The van der Waals surface area contributed by atoms with Crippen molar-refractivity contribution in [1.29, 1.82) is 0 Å². The van der Waals surface area contributed by atoms with Gasteiger partial charge >= 0.3 is 0 Å². The van der Waals surface area contributed by atoms with Gasteiger partial charge in [0.2, 0.25) is 0 Å². The van der Waals surface area contributed by atoms with Gasteiger partial charge in [-0.05, 0) is 41.5 Å². The molecule has 4 rings (SSSR count). The lowest BCUT2D eigenvalue weighted by molar-refractivity contribution is 0.0652. The van der Waals surface area contributed by atoms with Crippen molar-refractivity contribution in [2.45, 2.75) is 24.4 Å². The molecule has 2 aliphatic carbocycles. The largest absolute Gasteiger partial charge is 0.379 e. The molecule has 2 nitrogen and oxygen atoms in total. The highest BCUT2D eigenvalue weighted by Gasteiger charge is 2.48. The zero-order valence-electron chi connectivity index (χ0n) is 9.43. The summed E-state index contributed by atoms with van der Waals surface area (Å²) in [5, 5.41) is 11.0. The average Bonchev–Trinajstić information content (AvgIpc) is 2.61. The normalized spacial score (nSPS) is 28.6. The molecule has 2 bridgehead atoms. The molecule has 1 aromatic carbocycles. The molecule has 0 saturated heterocycles. The Balaban J connectivity index is 2.05. The van der Waals surface area contributed by atoms with Crippen molar-refractivity contribution in [3.8, 4) is 0 Å². The van der Waals surface area contributed by atoms with Crippen molar-refractivity contribution in [1.82, 2.24) is 4.98 Å². The minimum absolute atomic E-state index is 0.452. The van der Waals surface area contributed by atoms with Gasteiger partial charge in [-0.25, -0.2) is 0 Å². The Labute approximate surface area is 100.0 Å². The van der Waals surface area contributed by atoms with Crippen LogP contribution in [0.2, 0.25) is 0 Å². The van der Waals surface area contributed by atoms with Crippen molar-refractivity contribution in [2.24, 2.45) is 0 Å². The van der Waals surface area contributed by atoms with Gasteiger partial charge in [-0.15, -0.1) is 0 Å². The molecule has 1 N–H and O–H groups in total. The molecule has 84 valence electrons. The van der Waals surface area contributed by atoms with E-state index < -0.39 is 5.60 Å². The molecule has 0 radical (unpaired) electrons. The standard InChI is InChI=1S/C15H13NO/c17-15-9-11(12-5-1-2-6-13(12)15)8-10-4-3-7-16-14(10)15/h1-7,11,17H,8-9H2/t11-,15-/m1/s1. The topological polar surface area (TPSA) is 33.1 Å². The van der Waals surface area contributed by atoms with Crippen molar-refractivity contribution in [3.63, 3.8) is 0 Å². The van der Waals surface area contributed by atoms with Crippen LogP contribution in [0.25, 0.3) is 0 Å². The van der Waals surface area contributed by atoms with Gasteiger partial charge in [0, 0.05) is 6.20 Å². The number of fused-ring (bicyclic) bond motifs is 7. The first-order valence-corrected chi connectivity index (χ1v) is 6.05. The third-order valence-corrected chi connectivity index (χ3v) is 4.14. The SMILES string of the molecule is O[C@@]12C[C@@H](Cc3cccnc31)c1ccccc12. The van der Waals surface area contributed by atoms with Gasteiger partial charge in [0.05, 0.1) is 5.69 Å². The van der Waals surface area contributed by atoms with Gasteiger partial charge in [0.1, 0.15) is 5.60 Å². The molecular formula is C15H13NO. The Kier molecular flexibility index (Phi) is 1.63. The van der Waals surface area contributed by atoms with E-state index in [1.54, 1.807) is 6.20 Å². The summed E-state index contributed by atoms with van der Waals surface area (Å²) in [6, 6.07) is 12.3. The zero-order valence-corrected chi connectivity index (χ0v) is 9.43. The molecule has 17 heavy (non-hydrogen) atoms. The summed E-state index contributed by atoms with van der Waals surface area (Å²) in [6.45, 7) is 0. The van der Waals surface area contributed by atoms with Gasteiger partial charge in [0.25, 0.3) is 0 Å². The lowest BCUT2D eigenvalue weighted by atomic mass is 9.81. The van der Waals surface area contributed by atoms with Gasteiger partial charge in [-0.1, -0.05) is 30.3 Å². The maximum atomic E-state index is 11.0. The summed E-state index contributed by atoms with van der Waals surface area (Å²) in [5.74, 6) is 0.452. The number of hydrogen-bond donors (Lipinski definition) is 1. The minimum Gasteiger partial charge on any atom is -0.379 e. The van der Waals surface area contributed by atoms with Crippen LogP contribution in [0, 0.1) is 0 Å². The molecule has 1 aromatic heterocycles. The fraction of sp³-hybridized carbons (Fsp3) is 0.267. The van der Waals surface area contributed by atoms with E-state index in [0.29, 0.717) is 5.92 Å². The van der Waals surface area contributed by atoms with E-state index in [4.69, 9.17) is 0 Å². The molecule has 0 saturated carbocycles. The second kappa shape index (κ2) is 2.96. The Hall–Kier alpha value is -1.67. The van der Waals surface area contributed by atoms with Crippen LogP contribution >= 0.6 is 0 Å². The summed E-state index contributed by atoms with van der Waals surface area (Å²) >= 11 is 0.